The Hall–Kier alpha value is -2.80. The van der Waals surface area contributed by atoms with Crippen LogP contribution < -0.4 is 5.32 Å². The zero-order chi connectivity index (χ0) is 16.9. The van der Waals surface area contributed by atoms with Crippen molar-refractivity contribution in [2.24, 2.45) is 0 Å². The molecule has 0 atom stereocenters. The zero-order valence-corrected chi connectivity index (χ0v) is 13.7. The maximum atomic E-state index is 12.0. The number of phenols is 1. The number of para-hydroxylation sites is 1. The Kier molecular flexibility index (Phi) is 4.81. The number of hydrogen-bond donors (Lipinski definition) is 2. The molecule has 2 aromatic carbocycles. The van der Waals surface area contributed by atoms with E-state index < -0.39 is 0 Å². The number of nitrogens with zero attached hydrogens (tertiary/aromatic N) is 2. The molecule has 7 heteroatoms. The summed E-state index contributed by atoms with van der Waals surface area (Å²) in [4.78, 5) is 12.0. The fourth-order valence-electron chi connectivity index (χ4n) is 2.08. The van der Waals surface area contributed by atoms with Crippen molar-refractivity contribution in [3.8, 4) is 17.2 Å². The highest BCUT2D eigenvalue weighted by Gasteiger charge is 2.13. The summed E-state index contributed by atoms with van der Waals surface area (Å²) >= 11 is 1.14. The van der Waals surface area contributed by atoms with Gasteiger partial charge in [0, 0.05) is 5.69 Å². The lowest BCUT2D eigenvalue weighted by atomic mass is 10.2. The van der Waals surface area contributed by atoms with Crippen LogP contribution in [-0.4, -0.2) is 27.0 Å². The molecule has 2 N–H and O–H groups in total. The van der Waals surface area contributed by atoms with Crippen molar-refractivity contribution < 1.29 is 14.3 Å². The van der Waals surface area contributed by atoms with Crippen LogP contribution in [0, 0.1) is 6.92 Å². The Morgan fingerprint density at radius 1 is 1.21 bits per heavy atom. The van der Waals surface area contributed by atoms with Crippen molar-refractivity contribution in [1.82, 2.24) is 10.2 Å². The highest BCUT2D eigenvalue weighted by molar-refractivity contribution is 7.99. The number of carbonyl (C=O) groups excluding carboxylic acids is 1. The van der Waals surface area contributed by atoms with E-state index in [1.54, 1.807) is 24.3 Å². The largest absolute Gasteiger partial charge is 0.507 e. The van der Waals surface area contributed by atoms with Gasteiger partial charge in [-0.05, 0) is 36.8 Å². The summed E-state index contributed by atoms with van der Waals surface area (Å²) in [7, 11) is 0. The molecule has 24 heavy (non-hydrogen) atoms. The van der Waals surface area contributed by atoms with E-state index in [1.165, 1.54) is 0 Å². The van der Waals surface area contributed by atoms with Crippen molar-refractivity contribution in [3.05, 3.63) is 54.1 Å². The number of aromatic hydroxyl groups is 1. The highest BCUT2D eigenvalue weighted by atomic mass is 32.2. The fourth-order valence-corrected chi connectivity index (χ4v) is 2.64. The molecule has 0 bridgehead atoms. The molecule has 1 aromatic heterocycles. The SMILES string of the molecule is Cc1cccc(NC(=O)CSc2nnc(-c3ccccc3O)o2)c1. The van der Waals surface area contributed by atoms with Gasteiger partial charge in [-0.1, -0.05) is 36.0 Å². The van der Waals surface area contributed by atoms with E-state index in [0.717, 1.165) is 23.0 Å². The average Bonchev–Trinajstić information content (AvgIpc) is 3.02. The maximum absolute atomic E-state index is 12.0. The second-order valence-electron chi connectivity index (χ2n) is 5.10. The van der Waals surface area contributed by atoms with Gasteiger partial charge in [-0.15, -0.1) is 10.2 Å². The number of aryl methyl sites for hydroxylation is 1. The second kappa shape index (κ2) is 7.18. The van der Waals surface area contributed by atoms with Crippen LogP contribution in [0.1, 0.15) is 5.56 Å². The molecule has 3 rings (SSSR count). The third-order valence-electron chi connectivity index (χ3n) is 3.17. The first-order valence-electron chi connectivity index (χ1n) is 7.23. The smallest absolute Gasteiger partial charge is 0.277 e. The van der Waals surface area contributed by atoms with Gasteiger partial charge in [0.15, 0.2) is 0 Å². The number of hydrogen-bond acceptors (Lipinski definition) is 6. The summed E-state index contributed by atoms with van der Waals surface area (Å²) in [6.45, 7) is 1.96. The minimum atomic E-state index is -0.159. The number of aromatic nitrogens is 2. The monoisotopic (exact) mass is 341 g/mol. The van der Waals surface area contributed by atoms with Crippen molar-refractivity contribution in [1.29, 1.82) is 0 Å². The Morgan fingerprint density at radius 3 is 2.83 bits per heavy atom. The van der Waals surface area contributed by atoms with Crippen LogP contribution in [0.3, 0.4) is 0 Å². The molecular weight excluding hydrogens is 326 g/mol. The van der Waals surface area contributed by atoms with E-state index >= 15 is 0 Å². The van der Waals surface area contributed by atoms with Crippen LogP contribution >= 0.6 is 11.8 Å². The number of anilines is 1. The molecule has 0 saturated carbocycles. The molecular formula is C17H15N3O3S. The van der Waals surface area contributed by atoms with E-state index in [9.17, 15) is 9.90 Å². The zero-order valence-electron chi connectivity index (χ0n) is 12.9. The lowest BCUT2D eigenvalue weighted by molar-refractivity contribution is -0.113. The van der Waals surface area contributed by atoms with Crippen LogP contribution in [0.15, 0.2) is 58.2 Å². The average molecular weight is 341 g/mol. The fraction of sp³-hybridized carbons (Fsp3) is 0.118. The van der Waals surface area contributed by atoms with Gasteiger partial charge in [-0.2, -0.15) is 0 Å². The van der Waals surface area contributed by atoms with Crippen molar-refractivity contribution in [3.63, 3.8) is 0 Å². The molecule has 0 radical (unpaired) electrons. The standard InChI is InChI=1S/C17H15N3O3S/c1-11-5-4-6-12(9-11)18-15(22)10-24-17-20-19-16(23-17)13-7-2-3-8-14(13)21/h2-9,21H,10H2,1H3,(H,18,22). The predicted molar refractivity (Wildman–Crippen MR) is 91.9 cm³/mol. The van der Waals surface area contributed by atoms with Gasteiger partial charge < -0.3 is 14.8 Å². The quantitative estimate of drug-likeness (QED) is 0.691. The molecule has 0 unspecified atom stereocenters. The third kappa shape index (κ3) is 3.94. The van der Waals surface area contributed by atoms with E-state index in [0.29, 0.717) is 5.56 Å². The Morgan fingerprint density at radius 2 is 2.04 bits per heavy atom. The van der Waals surface area contributed by atoms with Crippen LogP contribution in [0.4, 0.5) is 5.69 Å². The van der Waals surface area contributed by atoms with Gasteiger partial charge in [-0.25, -0.2) is 0 Å². The van der Waals surface area contributed by atoms with Gasteiger partial charge in [0.1, 0.15) is 5.75 Å². The van der Waals surface area contributed by atoms with Crippen LogP contribution in [0.25, 0.3) is 11.5 Å². The molecule has 1 heterocycles. The van der Waals surface area contributed by atoms with E-state index in [2.05, 4.69) is 15.5 Å². The van der Waals surface area contributed by atoms with Crippen LogP contribution in [-0.2, 0) is 4.79 Å². The van der Waals surface area contributed by atoms with E-state index in [1.807, 2.05) is 31.2 Å². The first kappa shape index (κ1) is 16.1. The van der Waals surface area contributed by atoms with Gasteiger partial charge in [0.2, 0.25) is 5.91 Å². The minimum Gasteiger partial charge on any atom is -0.507 e. The van der Waals surface area contributed by atoms with E-state index in [4.69, 9.17) is 4.42 Å². The van der Waals surface area contributed by atoms with Crippen molar-refractivity contribution in [2.75, 3.05) is 11.1 Å². The Balaban J connectivity index is 1.59. The topological polar surface area (TPSA) is 88.2 Å². The van der Waals surface area contributed by atoms with Gasteiger partial charge in [0.25, 0.3) is 11.1 Å². The normalized spacial score (nSPS) is 10.5. The molecule has 0 fully saturated rings. The third-order valence-corrected chi connectivity index (χ3v) is 3.99. The first-order chi connectivity index (χ1) is 11.6. The Bertz CT molecular complexity index is 864. The summed E-state index contributed by atoms with van der Waals surface area (Å²) < 4.78 is 5.47. The first-order valence-corrected chi connectivity index (χ1v) is 8.21. The van der Waals surface area contributed by atoms with Crippen LogP contribution in [0.2, 0.25) is 0 Å². The van der Waals surface area contributed by atoms with Gasteiger partial charge in [-0.3, -0.25) is 4.79 Å². The summed E-state index contributed by atoms with van der Waals surface area (Å²) in [5.74, 6) is 0.272. The minimum absolute atomic E-state index is 0.0647. The molecule has 0 saturated heterocycles. The van der Waals surface area contributed by atoms with Crippen molar-refractivity contribution in [2.45, 2.75) is 12.1 Å². The number of rotatable bonds is 5. The Labute approximate surface area is 142 Å². The van der Waals surface area contributed by atoms with Crippen LogP contribution in [0.5, 0.6) is 5.75 Å². The van der Waals surface area contributed by atoms with E-state index in [-0.39, 0.29) is 28.5 Å². The maximum Gasteiger partial charge on any atom is 0.277 e. The molecule has 0 aliphatic rings. The lowest BCUT2D eigenvalue weighted by Crippen LogP contribution is -2.13. The highest BCUT2D eigenvalue weighted by Crippen LogP contribution is 2.29. The molecule has 0 aliphatic carbocycles. The summed E-state index contributed by atoms with van der Waals surface area (Å²) in [6.07, 6.45) is 0. The molecule has 0 aliphatic heterocycles. The molecule has 1 amide bonds. The summed E-state index contributed by atoms with van der Waals surface area (Å²) in [5.41, 5.74) is 2.28. The second-order valence-corrected chi connectivity index (χ2v) is 6.02. The summed E-state index contributed by atoms with van der Waals surface area (Å²) in [6, 6.07) is 14.3. The molecule has 6 nitrogen and oxygen atoms in total. The molecule has 0 spiro atoms. The number of benzene rings is 2. The predicted octanol–water partition coefficient (Wildman–Crippen LogP) is 3.48. The summed E-state index contributed by atoms with van der Waals surface area (Å²) in [5, 5.41) is 20.6. The van der Waals surface area contributed by atoms with Crippen molar-refractivity contribution >= 4 is 23.4 Å². The number of amides is 1. The number of thioether (sulfide) groups is 1. The number of phenolic OH excluding ortho intramolecular Hbond substituents is 1. The van der Waals surface area contributed by atoms with Gasteiger partial charge >= 0.3 is 0 Å². The number of carbonyl (C=O) groups is 1. The molecule has 3 aromatic rings. The number of nitrogens with one attached hydrogen (secondary N) is 1. The van der Waals surface area contributed by atoms with Gasteiger partial charge in [0.05, 0.1) is 11.3 Å². The molecule has 122 valence electrons. The lowest BCUT2D eigenvalue weighted by Gasteiger charge is -2.04.